The zero-order valence-electron chi connectivity index (χ0n) is 16.2. The molecule has 1 unspecified atom stereocenters. The van der Waals surface area contributed by atoms with Crippen molar-refractivity contribution in [2.45, 2.75) is 23.1 Å². The highest BCUT2D eigenvalue weighted by Gasteiger charge is 2.18. The maximum Gasteiger partial charge on any atom is 0.232 e. The van der Waals surface area contributed by atoms with Gasteiger partial charge in [0.2, 0.25) is 16.9 Å². The van der Waals surface area contributed by atoms with Gasteiger partial charge in [-0.25, -0.2) is 4.21 Å². The van der Waals surface area contributed by atoms with E-state index >= 15 is 0 Å². The quantitative estimate of drug-likeness (QED) is 0.199. The molecule has 29 heavy (non-hydrogen) atoms. The molecule has 0 aliphatic carbocycles. The molecular formula is C23H23NO3S2. The second-order valence-electron chi connectivity index (χ2n) is 5.85. The van der Waals surface area contributed by atoms with Crippen LogP contribution in [0.5, 0.6) is 0 Å². The number of hydrogen-bond donors (Lipinski definition) is 0. The summed E-state index contributed by atoms with van der Waals surface area (Å²) in [5, 5.41) is 3.87. The van der Waals surface area contributed by atoms with Gasteiger partial charge in [0.1, 0.15) is 0 Å². The molecule has 0 spiro atoms. The van der Waals surface area contributed by atoms with Crippen molar-refractivity contribution in [1.82, 2.24) is 0 Å². The predicted molar refractivity (Wildman–Crippen MR) is 122 cm³/mol. The van der Waals surface area contributed by atoms with Gasteiger partial charge in [-0.3, -0.25) is 9.08 Å². The molecule has 0 bridgehead atoms. The highest BCUT2D eigenvalue weighted by Crippen LogP contribution is 2.27. The van der Waals surface area contributed by atoms with Crippen molar-refractivity contribution >= 4 is 34.3 Å². The van der Waals surface area contributed by atoms with Crippen molar-refractivity contribution in [2.75, 3.05) is 5.75 Å². The van der Waals surface area contributed by atoms with E-state index in [1.807, 2.05) is 49.4 Å². The van der Waals surface area contributed by atoms with Crippen LogP contribution in [-0.2, 0) is 15.4 Å². The molecule has 0 radical (unpaired) electrons. The lowest BCUT2D eigenvalue weighted by Gasteiger charge is -2.07. The minimum absolute atomic E-state index is 0.0350. The molecule has 2 aromatic carbocycles. The van der Waals surface area contributed by atoms with Gasteiger partial charge in [0.15, 0.2) is 5.71 Å². The first kappa shape index (κ1) is 22.6. The van der Waals surface area contributed by atoms with Crippen LogP contribution >= 0.6 is 11.8 Å². The number of nitrogens with zero attached hydrogens (tertiary/aromatic N) is 1. The third kappa shape index (κ3) is 7.00. The van der Waals surface area contributed by atoms with Crippen LogP contribution in [0.4, 0.5) is 0 Å². The van der Waals surface area contributed by atoms with Crippen LogP contribution in [0.2, 0.25) is 0 Å². The van der Waals surface area contributed by atoms with Gasteiger partial charge in [-0.05, 0) is 42.8 Å². The third-order valence-corrected chi connectivity index (χ3v) is 5.68. The van der Waals surface area contributed by atoms with Crippen molar-refractivity contribution in [1.29, 1.82) is 0 Å². The Bertz CT molecular complexity index is 932. The fourth-order valence-electron chi connectivity index (χ4n) is 2.31. The number of carbonyl (C=O) groups excluding carboxylic acids is 1. The van der Waals surface area contributed by atoms with Gasteiger partial charge >= 0.3 is 0 Å². The van der Waals surface area contributed by atoms with E-state index in [1.165, 1.54) is 12.2 Å². The van der Waals surface area contributed by atoms with E-state index in [9.17, 15) is 9.00 Å². The second-order valence-corrected chi connectivity index (χ2v) is 8.16. The number of allylic oxidation sites excluding steroid dienone is 4. The minimum atomic E-state index is -1.59. The summed E-state index contributed by atoms with van der Waals surface area (Å²) in [5.74, 6) is -0.00640. The SMILES string of the molecule is C=C/C=C(C=C)/C(=N\OS(=O)CCC)C(=O)c1ccc(Sc2ccccc2)cc1. The maximum absolute atomic E-state index is 13.0. The lowest BCUT2D eigenvalue weighted by Crippen LogP contribution is -2.17. The Morgan fingerprint density at radius 3 is 2.34 bits per heavy atom. The first-order chi connectivity index (χ1) is 14.1. The number of Topliss-reactive ketones (excluding diaryl/α,β-unsaturated/α-hetero) is 1. The summed E-state index contributed by atoms with van der Waals surface area (Å²) in [5.41, 5.74) is 0.928. The number of benzene rings is 2. The molecule has 0 amide bonds. The molecule has 0 N–H and O–H groups in total. The first-order valence-corrected chi connectivity index (χ1v) is 11.1. The van der Waals surface area contributed by atoms with Gasteiger partial charge in [-0.2, -0.15) is 0 Å². The fourth-order valence-corrected chi connectivity index (χ4v) is 3.72. The van der Waals surface area contributed by atoms with Gasteiger partial charge in [0.25, 0.3) is 0 Å². The maximum atomic E-state index is 13.0. The van der Waals surface area contributed by atoms with Crippen molar-refractivity contribution in [3.63, 3.8) is 0 Å². The van der Waals surface area contributed by atoms with Crippen LogP contribution in [0.25, 0.3) is 0 Å². The molecule has 2 rings (SSSR count). The van der Waals surface area contributed by atoms with Crippen LogP contribution in [-0.4, -0.2) is 21.5 Å². The number of carbonyl (C=O) groups is 1. The first-order valence-electron chi connectivity index (χ1n) is 9.06. The summed E-state index contributed by atoms with van der Waals surface area (Å²) >= 11 is 0.0150. The lowest BCUT2D eigenvalue weighted by atomic mass is 10.0. The molecule has 0 aromatic heterocycles. The van der Waals surface area contributed by atoms with E-state index in [0.717, 1.165) is 9.79 Å². The topological polar surface area (TPSA) is 55.7 Å². The average Bonchev–Trinajstić information content (AvgIpc) is 2.74. The minimum Gasteiger partial charge on any atom is -0.292 e. The Hall–Kier alpha value is -2.70. The molecule has 0 aliphatic rings. The van der Waals surface area contributed by atoms with Crippen LogP contribution in [0, 0.1) is 0 Å². The standard InChI is InChI=1S/C23H23NO3S2/c1-4-10-18(6-3)22(24-27-29(26)17-5-2)23(25)19-13-15-21(16-14-19)28-20-11-8-7-9-12-20/h4,6-16H,1,3,5,17H2,2H3/b18-10+,24-22+. The van der Waals surface area contributed by atoms with Crippen molar-refractivity contribution < 1.29 is 13.3 Å². The Morgan fingerprint density at radius 2 is 1.76 bits per heavy atom. The Morgan fingerprint density at radius 1 is 1.10 bits per heavy atom. The number of rotatable bonds is 11. The van der Waals surface area contributed by atoms with Crippen molar-refractivity contribution in [2.24, 2.45) is 5.16 Å². The molecule has 6 heteroatoms. The van der Waals surface area contributed by atoms with Gasteiger partial charge < -0.3 is 0 Å². The Balaban J connectivity index is 2.26. The number of ketones is 1. The second kappa shape index (κ2) is 12.0. The van der Waals surface area contributed by atoms with Crippen LogP contribution < -0.4 is 0 Å². The molecule has 150 valence electrons. The van der Waals surface area contributed by atoms with Crippen LogP contribution in [0.3, 0.4) is 0 Å². The van der Waals surface area contributed by atoms with Crippen molar-refractivity contribution in [3.8, 4) is 0 Å². The van der Waals surface area contributed by atoms with E-state index in [4.69, 9.17) is 4.28 Å². The van der Waals surface area contributed by atoms with Gasteiger partial charge in [-0.1, -0.05) is 73.4 Å². The summed E-state index contributed by atoms with van der Waals surface area (Å²) in [7, 11) is 0. The summed E-state index contributed by atoms with van der Waals surface area (Å²) in [6.45, 7) is 9.25. The third-order valence-electron chi connectivity index (χ3n) is 3.68. The largest absolute Gasteiger partial charge is 0.292 e. The number of hydrogen-bond acceptors (Lipinski definition) is 5. The summed E-state index contributed by atoms with van der Waals surface area (Å²) in [6.07, 6.45) is 5.31. The summed E-state index contributed by atoms with van der Waals surface area (Å²) in [6, 6.07) is 17.2. The van der Waals surface area contributed by atoms with Gasteiger partial charge in [0.05, 0.1) is 5.75 Å². The molecule has 0 saturated heterocycles. The lowest BCUT2D eigenvalue weighted by molar-refractivity contribution is 0.106. The molecule has 0 heterocycles. The smallest absolute Gasteiger partial charge is 0.232 e. The summed E-state index contributed by atoms with van der Waals surface area (Å²) < 4.78 is 16.8. The van der Waals surface area contributed by atoms with Gasteiger partial charge in [0, 0.05) is 20.9 Å². The molecule has 4 nitrogen and oxygen atoms in total. The zero-order chi connectivity index (χ0) is 21.1. The molecule has 0 aliphatic heterocycles. The average molecular weight is 426 g/mol. The van der Waals surface area contributed by atoms with E-state index in [-0.39, 0.29) is 11.5 Å². The predicted octanol–water partition coefficient (Wildman–Crippen LogP) is 5.77. The fraction of sp³-hybridized carbons (Fsp3) is 0.130. The van der Waals surface area contributed by atoms with Crippen molar-refractivity contribution in [3.05, 3.63) is 97.1 Å². The normalized spacial score (nSPS) is 12.9. The van der Waals surface area contributed by atoms with Gasteiger partial charge in [-0.15, -0.1) is 0 Å². The summed E-state index contributed by atoms with van der Waals surface area (Å²) in [4.78, 5) is 15.1. The van der Waals surface area contributed by atoms with Crippen LogP contribution in [0.15, 0.2) is 107 Å². The van der Waals surface area contributed by atoms with E-state index in [2.05, 4.69) is 18.3 Å². The molecule has 2 aromatic rings. The highest BCUT2D eigenvalue weighted by molar-refractivity contribution is 7.99. The highest BCUT2D eigenvalue weighted by atomic mass is 32.2. The molecule has 0 saturated carbocycles. The molecular weight excluding hydrogens is 402 g/mol. The van der Waals surface area contributed by atoms with E-state index in [0.29, 0.717) is 23.3 Å². The van der Waals surface area contributed by atoms with E-state index in [1.54, 1.807) is 30.0 Å². The van der Waals surface area contributed by atoms with Crippen LogP contribution in [0.1, 0.15) is 23.7 Å². The zero-order valence-corrected chi connectivity index (χ0v) is 17.9. The number of oxime groups is 1. The Labute approximate surface area is 178 Å². The molecule has 1 atom stereocenters. The Kier molecular flexibility index (Phi) is 9.34. The van der Waals surface area contributed by atoms with E-state index < -0.39 is 11.1 Å². The monoisotopic (exact) mass is 425 g/mol. The molecule has 0 fully saturated rings.